The second-order valence-electron chi connectivity index (χ2n) is 6.20. The van der Waals surface area contributed by atoms with Gasteiger partial charge in [-0.3, -0.25) is 4.79 Å². The minimum absolute atomic E-state index is 0.0837. The first-order valence-electron chi connectivity index (χ1n) is 8.48. The van der Waals surface area contributed by atoms with Crippen molar-refractivity contribution < 1.29 is 27.1 Å². The van der Waals surface area contributed by atoms with E-state index in [1.807, 2.05) is 0 Å². The second kappa shape index (κ2) is 8.16. The quantitative estimate of drug-likeness (QED) is 0.609. The number of hydrogen-bond donors (Lipinski definition) is 1. The number of halogens is 4. The van der Waals surface area contributed by atoms with E-state index in [9.17, 15) is 22.8 Å². The topological polar surface area (TPSA) is 68.5 Å². The highest BCUT2D eigenvalue weighted by atomic mass is 35.5. The van der Waals surface area contributed by atoms with Gasteiger partial charge in [0.1, 0.15) is 11.3 Å². The molecule has 0 aliphatic carbocycles. The number of rotatable bonds is 5. The molecule has 0 spiro atoms. The number of carbonyl (C=O) groups is 1. The van der Waals surface area contributed by atoms with E-state index in [1.165, 1.54) is 13.0 Å². The Kier molecular flexibility index (Phi) is 5.83. The van der Waals surface area contributed by atoms with E-state index in [0.29, 0.717) is 11.1 Å². The van der Waals surface area contributed by atoms with Crippen LogP contribution in [0.3, 0.4) is 0 Å². The Morgan fingerprint density at radius 3 is 2.62 bits per heavy atom. The summed E-state index contributed by atoms with van der Waals surface area (Å²) in [6.45, 7) is 1.67. The molecule has 1 aromatic heterocycles. The molecular weight excluding hydrogens is 411 g/mol. The molecule has 0 saturated carbocycles. The Bertz CT molecular complexity index is 1110. The number of ether oxygens (including phenoxy) is 1. The molecule has 3 rings (SSSR count). The molecule has 1 amide bonds. The number of carbonyl (C=O) groups excluding carboxylic acids is 1. The monoisotopic (exact) mass is 425 g/mol. The van der Waals surface area contributed by atoms with Gasteiger partial charge in [0.05, 0.1) is 5.56 Å². The molecule has 152 valence electrons. The van der Waals surface area contributed by atoms with Crippen LogP contribution in [0.4, 0.5) is 13.2 Å². The highest BCUT2D eigenvalue weighted by Gasteiger charge is 2.34. The summed E-state index contributed by atoms with van der Waals surface area (Å²) < 4.78 is 49.6. The van der Waals surface area contributed by atoms with E-state index in [4.69, 9.17) is 20.8 Å². The fraction of sp³-hybridized carbons (Fsp3) is 0.200. The lowest BCUT2D eigenvalue weighted by Gasteiger charge is -2.16. The SMILES string of the molecule is CC(Oc1ccc2c(C(F)(F)F)cc(=O)oc2c1)C(=O)NCc1ccccc1Cl. The first-order valence-corrected chi connectivity index (χ1v) is 8.86. The van der Waals surface area contributed by atoms with Crippen molar-refractivity contribution in [3.8, 4) is 5.75 Å². The first-order chi connectivity index (χ1) is 13.6. The zero-order valence-corrected chi connectivity index (χ0v) is 15.8. The highest BCUT2D eigenvalue weighted by Crippen LogP contribution is 2.34. The molecule has 0 aliphatic heterocycles. The van der Waals surface area contributed by atoms with Crippen LogP contribution < -0.4 is 15.7 Å². The van der Waals surface area contributed by atoms with Crippen molar-refractivity contribution in [2.45, 2.75) is 25.7 Å². The van der Waals surface area contributed by atoms with E-state index < -0.39 is 29.4 Å². The fourth-order valence-corrected chi connectivity index (χ4v) is 2.88. The number of alkyl halides is 3. The van der Waals surface area contributed by atoms with Gasteiger partial charge in [0, 0.05) is 29.1 Å². The Morgan fingerprint density at radius 2 is 1.93 bits per heavy atom. The van der Waals surface area contributed by atoms with Crippen LogP contribution in [0.1, 0.15) is 18.1 Å². The summed E-state index contributed by atoms with van der Waals surface area (Å²) in [6.07, 6.45) is -5.66. The van der Waals surface area contributed by atoms with E-state index in [0.717, 1.165) is 17.7 Å². The molecule has 9 heteroatoms. The number of nitrogens with one attached hydrogen (secondary N) is 1. The number of amides is 1. The summed E-state index contributed by atoms with van der Waals surface area (Å²) in [5.74, 6) is -0.365. The Labute approximate surface area is 168 Å². The van der Waals surface area contributed by atoms with Crippen LogP contribution in [0.5, 0.6) is 5.75 Å². The molecule has 2 aromatic carbocycles. The third kappa shape index (κ3) is 4.89. The summed E-state index contributed by atoms with van der Waals surface area (Å²) in [4.78, 5) is 23.7. The van der Waals surface area contributed by atoms with Crippen LogP contribution in [0.25, 0.3) is 11.0 Å². The minimum Gasteiger partial charge on any atom is -0.481 e. The fourth-order valence-electron chi connectivity index (χ4n) is 2.68. The second-order valence-corrected chi connectivity index (χ2v) is 6.61. The molecule has 0 saturated heterocycles. The molecule has 5 nitrogen and oxygen atoms in total. The Morgan fingerprint density at radius 1 is 1.21 bits per heavy atom. The van der Waals surface area contributed by atoms with Crippen molar-refractivity contribution in [3.63, 3.8) is 0 Å². The van der Waals surface area contributed by atoms with Gasteiger partial charge in [0.25, 0.3) is 5.91 Å². The third-order valence-corrected chi connectivity index (χ3v) is 4.48. The smallest absolute Gasteiger partial charge is 0.417 e. The Hall–Kier alpha value is -3.00. The molecule has 3 aromatic rings. The van der Waals surface area contributed by atoms with Crippen LogP contribution in [-0.2, 0) is 17.5 Å². The normalized spacial score (nSPS) is 12.6. The maximum atomic E-state index is 13.1. The van der Waals surface area contributed by atoms with E-state index >= 15 is 0 Å². The van der Waals surface area contributed by atoms with E-state index in [1.54, 1.807) is 24.3 Å². The van der Waals surface area contributed by atoms with Gasteiger partial charge in [-0.25, -0.2) is 4.79 Å². The minimum atomic E-state index is -4.71. The van der Waals surface area contributed by atoms with Crippen LogP contribution in [-0.4, -0.2) is 12.0 Å². The summed E-state index contributed by atoms with van der Waals surface area (Å²) in [5, 5.41) is 2.89. The summed E-state index contributed by atoms with van der Waals surface area (Å²) in [7, 11) is 0. The standard InChI is InChI=1S/C20H15ClF3NO4/c1-11(19(27)25-10-12-4-2-3-5-16(12)21)28-13-6-7-14-15(20(22,23)24)9-18(26)29-17(14)8-13/h2-9,11H,10H2,1H3,(H,25,27). The lowest BCUT2D eigenvalue weighted by Crippen LogP contribution is -2.35. The molecule has 0 aliphatic rings. The van der Waals surface area contributed by atoms with Crippen molar-refractivity contribution in [2.24, 2.45) is 0 Å². The van der Waals surface area contributed by atoms with E-state index in [2.05, 4.69) is 5.32 Å². The van der Waals surface area contributed by atoms with Crippen LogP contribution in [0, 0.1) is 0 Å². The average Bonchev–Trinajstić information content (AvgIpc) is 2.65. The summed E-state index contributed by atoms with van der Waals surface area (Å²) in [6, 6.07) is 10.9. The lowest BCUT2D eigenvalue weighted by atomic mass is 10.1. The van der Waals surface area contributed by atoms with Gasteiger partial charge in [-0.2, -0.15) is 13.2 Å². The summed E-state index contributed by atoms with van der Waals surface area (Å²) >= 11 is 6.03. The predicted octanol–water partition coefficient (Wildman–Crippen LogP) is 4.55. The van der Waals surface area contributed by atoms with Crippen LogP contribution >= 0.6 is 11.6 Å². The van der Waals surface area contributed by atoms with Crippen molar-refractivity contribution in [1.82, 2.24) is 5.32 Å². The third-order valence-electron chi connectivity index (χ3n) is 4.11. The van der Waals surface area contributed by atoms with Gasteiger partial charge < -0.3 is 14.5 Å². The maximum Gasteiger partial charge on any atom is 0.417 e. The molecule has 0 radical (unpaired) electrons. The summed E-state index contributed by atoms with van der Waals surface area (Å²) in [5.41, 5.74) is -1.79. The molecule has 1 N–H and O–H groups in total. The molecule has 1 unspecified atom stereocenters. The van der Waals surface area contributed by atoms with Gasteiger partial charge in [0.15, 0.2) is 6.10 Å². The molecule has 0 fully saturated rings. The zero-order chi connectivity index (χ0) is 21.2. The molecule has 1 heterocycles. The van der Waals surface area contributed by atoms with Crippen molar-refractivity contribution in [1.29, 1.82) is 0 Å². The van der Waals surface area contributed by atoms with Crippen LogP contribution in [0.2, 0.25) is 5.02 Å². The molecular formula is C20H15ClF3NO4. The van der Waals surface area contributed by atoms with Crippen molar-refractivity contribution in [2.75, 3.05) is 0 Å². The first kappa shape index (κ1) is 20.7. The molecule has 29 heavy (non-hydrogen) atoms. The van der Waals surface area contributed by atoms with Gasteiger partial charge in [0.2, 0.25) is 0 Å². The number of hydrogen-bond acceptors (Lipinski definition) is 4. The molecule has 1 atom stereocenters. The number of fused-ring (bicyclic) bond motifs is 1. The van der Waals surface area contributed by atoms with E-state index in [-0.39, 0.29) is 23.3 Å². The average molecular weight is 426 g/mol. The zero-order valence-electron chi connectivity index (χ0n) is 15.0. The highest BCUT2D eigenvalue weighted by molar-refractivity contribution is 6.31. The van der Waals surface area contributed by atoms with Gasteiger partial charge in [-0.15, -0.1) is 0 Å². The van der Waals surface area contributed by atoms with Crippen LogP contribution in [0.15, 0.2) is 57.7 Å². The van der Waals surface area contributed by atoms with Gasteiger partial charge in [-0.1, -0.05) is 29.8 Å². The molecule has 0 bridgehead atoms. The lowest BCUT2D eigenvalue weighted by molar-refractivity contribution is -0.136. The largest absolute Gasteiger partial charge is 0.481 e. The van der Waals surface area contributed by atoms with Gasteiger partial charge >= 0.3 is 11.8 Å². The maximum absolute atomic E-state index is 13.1. The van der Waals surface area contributed by atoms with Crippen molar-refractivity contribution in [3.05, 3.63) is 75.1 Å². The van der Waals surface area contributed by atoms with Crippen molar-refractivity contribution >= 4 is 28.5 Å². The number of benzene rings is 2. The Balaban J connectivity index is 1.75. The van der Waals surface area contributed by atoms with Gasteiger partial charge in [-0.05, 0) is 30.7 Å². The predicted molar refractivity (Wildman–Crippen MR) is 101 cm³/mol.